The lowest BCUT2D eigenvalue weighted by Gasteiger charge is -2.23. The Morgan fingerprint density at radius 1 is 1.02 bits per heavy atom. The van der Waals surface area contributed by atoms with E-state index in [9.17, 15) is 8.42 Å². The highest BCUT2D eigenvalue weighted by Crippen LogP contribution is 2.35. The first-order valence-electron chi connectivity index (χ1n) is 12.7. The highest BCUT2D eigenvalue weighted by molar-refractivity contribution is 7.92. The van der Waals surface area contributed by atoms with Crippen LogP contribution in [0.2, 0.25) is 0 Å². The SMILES string of the molecule is CN(c1ccc(Oc2ncccc2-c2ccnc(N[C@H]3CCCNC3)n2)c(F)c1F)S(=O)(=O)Cc1ccccc1. The third-order valence-electron chi connectivity index (χ3n) is 6.51. The van der Waals surface area contributed by atoms with Crippen LogP contribution in [0, 0.1) is 11.6 Å². The molecule has 0 aliphatic carbocycles. The Morgan fingerprint density at radius 3 is 2.62 bits per heavy atom. The minimum atomic E-state index is -3.99. The fourth-order valence-electron chi connectivity index (χ4n) is 4.38. The Labute approximate surface area is 231 Å². The van der Waals surface area contributed by atoms with Gasteiger partial charge in [0, 0.05) is 32.0 Å². The maximum Gasteiger partial charge on any atom is 0.239 e. The number of anilines is 2. The van der Waals surface area contributed by atoms with Gasteiger partial charge in [-0.15, -0.1) is 0 Å². The molecule has 2 aromatic heterocycles. The van der Waals surface area contributed by atoms with Crippen LogP contribution < -0.4 is 19.7 Å². The zero-order valence-corrected chi connectivity index (χ0v) is 22.5. The summed E-state index contributed by atoms with van der Waals surface area (Å²) in [7, 11) is -2.81. The van der Waals surface area contributed by atoms with Gasteiger partial charge in [0.1, 0.15) is 0 Å². The number of aromatic nitrogens is 3. The summed E-state index contributed by atoms with van der Waals surface area (Å²) in [6, 6.07) is 16.0. The maximum absolute atomic E-state index is 15.2. The third-order valence-corrected chi connectivity index (χ3v) is 8.24. The van der Waals surface area contributed by atoms with Gasteiger partial charge in [0.05, 0.1) is 22.7 Å². The largest absolute Gasteiger partial charge is 0.435 e. The monoisotopic (exact) mass is 566 g/mol. The van der Waals surface area contributed by atoms with Crippen LogP contribution >= 0.6 is 0 Å². The van der Waals surface area contributed by atoms with Gasteiger partial charge in [-0.2, -0.15) is 4.39 Å². The molecule has 1 saturated heterocycles. The molecule has 5 rings (SSSR count). The van der Waals surface area contributed by atoms with E-state index < -0.39 is 33.1 Å². The number of halogens is 2. The Hall–Kier alpha value is -4.16. The Bertz CT molecular complexity index is 1580. The summed E-state index contributed by atoms with van der Waals surface area (Å²) >= 11 is 0. The van der Waals surface area contributed by atoms with Crippen molar-refractivity contribution in [3.63, 3.8) is 0 Å². The van der Waals surface area contributed by atoms with E-state index in [-0.39, 0.29) is 17.7 Å². The smallest absolute Gasteiger partial charge is 0.239 e. The summed E-state index contributed by atoms with van der Waals surface area (Å²) in [5, 5.41) is 6.64. The highest BCUT2D eigenvalue weighted by atomic mass is 32.2. The fourth-order valence-corrected chi connectivity index (χ4v) is 5.63. The zero-order valence-electron chi connectivity index (χ0n) is 21.7. The first-order valence-corrected chi connectivity index (χ1v) is 14.3. The summed E-state index contributed by atoms with van der Waals surface area (Å²) in [6.07, 6.45) is 5.09. The maximum atomic E-state index is 15.2. The molecule has 40 heavy (non-hydrogen) atoms. The molecule has 1 aliphatic heterocycles. The molecule has 0 radical (unpaired) electrons. The van der Waals surface area contributed by atoms with Crippen LogP contribution in [-0.2, 0) is 15.8 Å². The number of benzene rings is 2. The van der Waals surface area contributed by atoms with Gasteiger partial charge >= 0.3 is 0 Å². The zero-order chi connectivity index (χ0) is 28.1. The van der Waals surface area contributed by atoms with Crippen molar-refractivity contribution in [3.8, 4) is 22.9 Å². The summed E-state index contributed by atoms with van der Waals surface area (Å²) in [4.78, 5) is 13.1. The lowest BCUT2D eigenvalue weighted by atomic mass is 10.1. The molecule has 1 aliphatic rings. The van der Waals surface area contributed by atoms with Crippen molar-refractivity contribution in [2.45, 2.75) is 24.6 Å². The van der Waals surface area contributed by atoms with Gasteiger partial charge in [-0.1, -0.05) is 30.3 Å². The number of piperidine rings is 1. The van der Waals surface area contributed by atoms with E-state index in [4.69, 9.17) is 4.74 Å². The second-order valence-electron chi connectivity index (χ2n) is 9.33. The van der Waals surface area contributed by atoms with Gasteiger partial charge in [-0.3, -0.25) is 4.31 Å². The van der Waals surface area contributed by atoms with Crippen molar-refractivity contribution in [2.24, 2.45) is 0 Å². The highest BCUT2D eigenvalue weighted by Gasteiger charge is 2.26. The van der Waals surface area contributed by atoms with E-state index in [1.807, 2.05) is 0 Å². The van der Waals surface area contributed by atoms with Crippen molar-refractivity contribution < 1.29 is 21.9 Å². The van der Waals surface area contributed by atoms with Crippen molar-refractivity contribution >= 4 is 21.7 Å². The standard InChI is InChI=1S/C28H28F2N6O3S/c1-36(40(37,38)18-19-7-3-2-4-8-19)23-11-12-24(26(30)25(23)29)39-27-21(10-6-15-32-27)22-13-16-33-28(35-22)34-20-9-5-14-31-17-20/h2-4,6-8,10-13,15-16,20,31H,5,9,14,17-18H2,1H3,(H,33,34,35)/t20-/m0/s1. The van der Waals surface area contributed by atoms with Gasteiger partial charge in [0.15, 0.2) is 11.6 Å². The number of sulfonamides is 1. The Morgan fingerprint density at radius 2 is 1.85 bits per heavy atom. The molecule has 0 saturated carbocycles. The molecule has 3 heterocycles. The molecule has 2 aromatic carbocycles. The number of ether oxygens (including phenoxy) is 1. The molecule has 1 atom stereocenters. The first-order chi connectivity index (χ1) is 19.3. The minimum absolute atomic E-state index is 0.00240. The predicted octanol–water partition coefficient (Wildman–Crippen LogP) is 4.74. The van der Waals surface area contributed by atoms with Gasteiger partial charge < -0.3 is 15.4 Å². The topological polar surface area (TPSA) is 109 Å². The summed E-state index contributed by atoms with van der Waals surface area (Å²) in [6.45, 7) is 1.78. The van der Waals surface area contributed by atoms with Crippen LogP contribution in [0.4, 0.5) is 20.4 Å². The van der Waals surface area contributed by atoms with Crippen molar-refractivity contribution in [2.75, 3.05) is 29.8 Å². The quantitative estimate of drug-likeness (QED) is 0.299. The molecule has 208 valence electrons. The molecule has 4 aromatic rings. The van der Waals surface area contributed by atoms with Crippen LogP contribution in [0.3, 0.4) is 0 Å². The summed E-state index contributed by atoms with van der Waals surface area (Å²) < 4.78 is 62.5. The number of hydrogen-bond donors (Lipinski definition) is 2. The van der Waals surface area contributed by atoms with Crippen LogP contribution in [0.15, 0.2) is 73.1 Å². The first kappa shape index (κ1) is 27.4. The molecule has 2 N–H and O–H groups in total. The summed E-state index contributed by atoms with van der Waals surface area (Å²) in [5.74, 6) is -3.08. The number of hydrogen-bond acceptors (Lipinski definition) is 8. The van der Waals surface area contributed by atoms with E-state index in [2.05, 4.69) is 25.6 Å². The van der Waals surface area contributed by atoms with Gasteiger partial charge in [0.25, 0.3) is 0 Å². The van der Waals surface area contributed by atoms with E-state index in [0.29, 0.717) is 22.8 Å². The number of pyridine rings is 1. The lowest BCUT2D eigenvalue weighted by Crippen LogP contribution is -2.38. The lowest BCUT2D eigenvalue weighted by molar-refractivity contribution is 0.407. The van der Waals surface area contributed by atoms with E-state index in [1.165, 1.54) is 19.3 Å². The Balaban J connectivity index is 1.38. The van der Waals surface area contributed by atoms with Gasteiger partial charge in [-0.25, -0.2) is 27.8 Å². The van der Waals surface area contributed by atoms with Crippen LogP contribution in [0.5, 0.6) is 11.6 Å². The number of rotatable bonds is 9. The second kappa shape index (κ2) is 11.9. The van der Waals surface area contributed by atoms with Crippen LogP contribution in [0.1, 0.15) is 18.4 Å². The van der Waals surface area contributed by atoms with Gasteiger partial charge in [0.2, 0.25) is 27.7 Å². The molecule has 0 spiro atoms. The molecule has 0 unspecified atom stereocenters. The average Bonchev–Trinajstić information content (AvgIpc) is 2.96. The van der Waals surface area contributed by atoms with Crippen LogP contribution in [0.25, 0.3) is 11.3 Å². The Kier molecular flexibility index (Phi) is 8.17. The second-order valence-corrected chi connectivity index (χ2v) is 11.3. The van der Waals surface area contributed by atoms with Crippen molar-refractivity contribution in [1.29, 1.82) is 0 Å². The molecule has 1 fully saturated rings. The van der Waals surface area contributed by atoms with E-state index in [1.54, 1.807) is 54.7 Å². The molecule has 9 nitrogen and oxygen atoms in total. The minimum Gasteiger partial charge on any atom is -0.435 e. The molecule has 0 bridgehead atoms. The van der Waals surface area contributed by atoms with E-state index >= 15 is 8.78 Å². The van der Waals surface area contributed by atoms with Crippen molar-refractivity contribution in [1.82, 2.24) is 20.3 Å². The third kappa shape index (κ3) is 6.18. The number of nitrogens with zero attached hydrogens (tertiary/aromatic N) is 4. The molecule has 0 amide bonds. The van der Waals surface area contributed by atoms with Crippen LogP contribution in [-0.4, -0.2) is 49.5 Å². The van der Waals surface area contributed by atoms with Gasteiger partial charge in [-0.05, 0) is 55.3 Å². The number of nitrogens with one attached hydrogen (secondary N) is 2. The molecular weight excluding hydrogens is 538 g/mol. The molecular formula is C28H28F2N6O3S. The van der Waals surface area contributed by atoms with E-state index in [0.717, 1.165) is 36.3 Å². The predicted molar refractivity (Wildman–Crippen MR) is 149 cm³/mol. The summed E-state index contributed by atoms with van der Waals surface area (Å²) in [5.41, 5.74) is 1.01. The average molecular weight is 567 g/mol. The fraction of sp³-hybridized carbons (Fsp3) is 0.250. The molecule has 12 heteroatoms. The van der Waals surface area contributed by atoms with Crippen molar-refractivity contribution in [3.05, 3.63) is 90.3 Å². The normalized spacial score (nSPS) is 15.4.